The van der Waals surface area contributed by atoms with Crippen molar-refractivity contribution < 1.29 is 4.79 Å². The molecule has 26 heavy (non-hydrogen) atoms. The second-order valence-electron chi connectivity index (χ2n) is 7.21. The third-order valence-electron chi connectivity index (χ3n) is 4.83. The van der Waals surface area contributed by atoms with Gasteiger partial charge in [0.15, 0.2) is 5.69 Å². The fourth-order valence-corrected chi connectivity index (χ4v) is 2.52. The average molecular weight is 352 g/mol. The van der Waals surface area contributed by atoms with Crippen LogP contribution in [0.25, 0.3) is 16.6 Å². The first-order valence-corrected chi connectivity index (χ1v) is 8.53. The Morgan fingerprint density at radius 2 is 2.04 bits per heavy atom. The molecule has 3 rings (SSSR count). The Kier molecular flexibility index (Phi) is 4.73. The molecule has 136 valence electrons. The number of nitrogens with zero attached hydrogens (tertiary/aromatic N) is 5. The number of hydrogen-bond acceptors (Lipinski definition) is 5. The minimum absolute atomic E-state index is 0.148. The predicted molar refractivity (Wildman–Crippen MR) is 101 cm³/mol. The summed E-state index contributed by atoms with van der Waals surface area (Å²) in [5.41, 5.74) is 2.66. The molecular formula is C19H24N6O. The van der Waals surface area contributed by atoms with E-state index in [9.17, 15) is 4.79 Å². The number of aromatic nitrogens is 4. The van der Waals surface area contributed by atoms with Gasteiger partial charge in [-0.15, -0.1) is 5.10 Å². The molecule has 0 fully saturated rings. The van der Waals surface area contributed by atoms with Gasteiger partial charge in [-0.25, -0.2) is 4.68 Å². The summed E-state index contributed by atoms with van der Waals surface area (Å²) in [5, 5.41) is 12.2. The van der Waals surface area contributed by atoms with Crippen LogP contribution >= 0.6 is 0 Å². The van der Waals surface area contributed by atoms with Gasteiger partial charge in [-0.1, -0.05) is 11.3 Å². The third kappa shape index (κ3) is 3.43. The number of pyridine rings is 1. The van der Waals surface area contributed by atoms with Crippen LogP contribution in [0, 0.1) is 6.92 Å². The zero-order valence-electron chi connectivity index (χ0n) is 15.8. The van der Waals surface area contributed by atoms with Crippen molar-refractivity contribution in [2.75, 3.05) is 20.6 Å². The summed E-state index contributed by atoms with van der Waals surface area (Å²) in [4.78, 5) is 18.9. The maximum absolute atomic E-state index is 12.5. The van der Waals surface area contributed by atoms with Crippen molar-refractivity contribution in [2.45, 2.75) is 26.3 Å². The second-order valence-corrected chi connectivity index (χ2v) is 7.21. The largest absolute Gasteiger partial charge is 0.349 e. The molecule has 2 aromatic heterocycles. The van der Waals surface area contributed by atoms with Gasteiger partial charge >= 0.3 is 0 Å². The summed E-state index contributed by atoms with van der Waals surface area (Å²) < 4.78 is 1.68. The number of rotatable bonds is 5. The first-order chi connectivity index (χ1) is 12.3. The summed E-state index contributed by atoms with van der Waals surface area (Å²) in [5.74, 6) is -0.217. The molecule has 3 aromatic rings. The number of hydrogen-bond donors (Lipinski definition) is 1. The predicted octanol–water partition coefficient (Wildman–Crippen LogP) is 2.19. The highest BCUT2D eigenvalue weighted by molar-refractivity contribution is 5.93. The Bertz CT molecular complexity index is 944. The number of benzene rings is 1. The Balaban J connectivity index is 1.84. The van der Waals surface area contributed by atoms with E-state index in [0.717, 1.165) is 16.6 Å². The molecule has 0 bridgehead atoms. The van der Waals surface area contributed by atoms with Crippen LogP contribution in [-0.2, 0) is 0 Å². The van der Waals surface area contributed by atoms with Gasteiger partial charge in [0.1, 0.15) is 0 Å². The summed E-state index contributed by atoms with van der Waals surface area (Å²) in [7, 11) is 3.98. The standard InChI is InChI=1S/C19H24N6O/c1-13-17(18(26)21-12-19(2,3)24(4)5)22-23-25(13)15-8-9-16-14(11-15)7-6-10-20-16/h6-11H,12H2,1-5H3,(H,21,26). The van der Waals surface area contributed by atoms with Crippen LogP contribution in [0.4, 0.5) is 0 Å². The molecule has 2 heterocycles. The Hall–Kier alpha value is -2.80. The molecule has 7 heteroatoms. The van der Waals surface area contributed by atoms with E-state index >= 15 is 0 Å². The quantitative estimate of drug-likeness (QED) is 0.762. The smallest absolute Gasteiger partial charge is 0.273 e. The number of amides is 1. The second kappa shape index (κ2) is 6.84. The lowest BCUT2D eigenvalue weighted by atomic mass is 10.0. The first-order valence-electron chi connectivity index (χ1n) is 8.53. The molecule has 0 saturated heterocycles. The summed E-state index contributed by atoms with van der Waals surface area (Å²) in [6.45, 7) is 6.51. The van der Waals surface area contributed by atoms with E-state index in [1.54, 1.807) is 10.9 Å². The highest BCUT2D eigenvalue weighted by Crippen LogP contribution is 2.18. The van der Waals surface area contributed by atoms with Crippen LogP contribution < -0.4 is 5.32 Å². The zero-order chi connectivity index (χ0) is 18.9. The van der Waals surface area contributed by atoms with Crippen LogP contribution in [0.2, 0.25) is 0 Å². The van der Waals surface area contributed by atoms with E-state index in [4.69, 9.17) is 0 Å². The van der Waals surface area contributed by atoms with Gasteiger partial charge in [-0.2, -0.15) is 0 Å². The summed E-state index contributed by atoms with van der Waals surface area (Å²) in [6, 6.07) is 9.74. The van der Waals surface area contributed by atoms with E-state index in [1.165, 1.54) is 0 Å². The van der Waals surface area contributed by atoms with Crippen molar-refractivity contribution in [1.82, 2.24) is 30.2 Å². The molecule has 1 N–H and O–H groups in total. The normalized spacial score (nSPS) is 11.9. The molecule has 0 aliphatic heterocycles. The van der Waals surface area contributed by atoms with Gasteiger partial charge < -0.3 is 10.2 Å². The van der Waals surface area contributed by atoms with Crippen molar-refractivity contribution in [2.24, 2.45) is 0 Å². The minimum atomic E-state index is -0.217. The highest BCUT2D eigenvalue weighted by Gasteiger charge is 2.23. The number of fused-ring (bicyclic) bond motifs is 1. The van der Waals surface area contributed by atoms with Crippen molar-refractivity contribution >= 4 is 16.8 Å². The maximum Gasteiger partial charge on any atom is 0.273 e. The van der Waals surface area contributed by atoms with Crippen LogP contribution in [0.5, 0.6) is 0 Å². The molecule has 0 unspecified atom stereocenters. The lowest BCUT2D eigenvalue weighted by Crippen LogP contribution is -2.48. The molecule has 0 aliphatic rings. The fraction of sp³-hybridized carbons (Fsp3) is 0.368. The number of nitrogens with one attached hydrogen (secondary N) is 1. The summed E-state index contributed by atoms with van der Waals surface area (Å²) >= 11 is 0. The van der Waals surface area contributed by atoms with Gasteiger partial charge in [-0.05, 0) is 59.1 Å². The highest BCUT2D eigenvalue weighted by atomic mass is 16.2. The zero-order valence-corrected chi connectivity index (χ0v) is 15.8. The lowest BCUT2D eigenvalue weighted by molar-refractivity contribution is 0.0914. The van der Waals surface area contributed by atoms with Gasteiger partial charge in [-0.3, -0.25) is 9.78 Å². The molecule has 0 saturated carbocycles. The van der Waals surface area contributed by atoms with Crippen LogP contribution in [0.15, 0.2) is 36.5 Å². The molecule has 0 atom stereocenters. The van der Waals surface area contributed by atoms with E-state index in [2.05, 4.69) is 39.4 Å². The fourth-order valence-electron chi connectivity index (χ4n) is 2.52. The SMILES string of the molecule is Cc1c(C(=O)NCC(C)(C)N(C)C)nnn1-c1ccc2ncccc2c1. The topological polar surface area (TPSA) is 75.9 Å². The molecule has 0 radical (unpaired) electrons. The molecule has 7 nitrogen and oxygen atoms in total. The Morgan fingerprint density at radius 1 is 1.27 bits per heavy atom. The third-order valence-corrected chi connectivity index (χ3v) is 4.83. The average Bonchev–Trinajstić information content (AvgIpc) is 3.00. The van der Waals surface area contributed by atoms with Crippen LogP contribution in [-0.4, -0.2) is 57.0 Å². The van der Waals surface area contributed by atoms with Crippen molar-refractivity contribution in [1.29, 1.82) is 0 Å². The van der Waals surface area contributed by atoms with E-state index < -0.39 is 0 Å². The van der Waals surface area contributed by atoms with Gasteiger partial charge in [0.25, 0.3) is 5.91 Å². The lowest BCUT2D eigenvalue weighted by Gasteiger charge is -2.32. The molecular weight excluding hydrogens is 328 g/mol. The number of carbonyl (C=O) groups is 1. The van der Waals surface area contributed by atoms with E-state index in [-0.39, 0.29) is 11.4 Å². The Morgan fingerprint density at radius 3 is 2.77 bits per heavy atom. The number of carbonyl (C=O) groups excluding carboxylic acids is 1. The molecule has 1 amide bonds. The van der Waals surface area contributed by atoms with Crippen molar-refractivity contribution in [3.05, 3.63) is 47.9 Å². The van der Waals surface area contributed by atoms with E-state index in [0.29, 0.717) is 17.9 Å². The van der Waals surface area contributed by atoms with Gasteiger partial charge in [0.2, 0.25) is 0 Å². The number of likely N-dealkylation sites (N-methyl/N-ethyl adjacent to an activating group) is 1. The minimum Gasteiger partial charge on any atom is -0.349 e. The van der Waals surface area contributed by atoms with Crippen LogP contribution in [0.1, 0.15) is 30.0 Å². The maximum atomic E-state index is 12.5. The van der Waals surface area contributed by atoms with Crippen molar-refractivity contribution in [3.8, 4) is 5.69 Å². The van der Waals surface area contributed by atoms with E-state index in [1.807, 2.05) is 51.4 Å². The van der Waals surface area contributed by atoms with Gasteiger partial charge in [0.05, 0.1) is 16.9 Å². The molecule has 0 spiro atoms. The monoisotopic (exact) mass is 352 g/mol. The first kappa shape index (κ1) is 18.0. The van der Waals surface area contributed by atoms with Gasteiger partial charge in [0, 0.05) is 23.7 Å². The molecule has 0 aliphatic carbocycles. The Labute approximate surface area is 153 Å². The summed E-state index contributed by atoms with van der Waals surface area (Å²) in [6.07, 6.45) is 1.76. The molecule has 1 aromatic carbocycles. The van der Waals surface area contributed by atoms with Crippen LogP contribution in [0.3, 0.4) is 0 Å². The van der Waals surface area contributed by atoms with Crippen molar-refractivity contribution in [3.63, 3.8) is 0 Å².